The quantitative estimate of drug-likeness (QED) is 0.457. The smallest absolute Gasteiger partial charge is 0.0290 e. The van der Waals surface area contributed by atoms with Crippen molar-refractivity contribution >= 4 is 17.7 Å². The molecule has 0 bridgehead atoms. The second-order valence-electron chi connectivity index (χ2n) is 2.82. The van der Waals surface area contributed by atoms with Gasteiger partial charge in [-0.25, -0.2) is 4.40 Å². The molecule has 0 radical (unpaired) electrons. The second kappa shape index (κ2) is 6.71. The van der Waals surface area contributed by atoms with Crippen LogP contribution in [0.4, 0.5) is 0 Å². The molecular formula is C9H19NS. The molecule has 0 aliphatic rings. The van der Waals surface area contributed by atoms with Gasteiger partial charge in [0, 0.05) is 12.0 Å². The molecule has 0 aliphatic carbocycles. The molecule has 66 valence electrons. The first-order valence-electron chi connectivity index (χ1n) is 4.36. The summed E-state index contributed by atoms with van der Waals surface area (Å²) in [5.41, 5.74) is 1.38. The van der Waals surface area contributed by atoms with Crippen LogP contribution in [0.15, 0.2) is 4.40 Å². The standard InChI is InChI=1S/C9H19NS/c1-5-7-9(10-11-4)8(3)6-2/h8H,5-7H2,1-4H3/b10-9-/t8-/m1/s1. The van der Waals surface area contributed by atoms with E-state index < -0.39 is 0 Å². The number of nitrogens with zero attached hydrogens (tertiary/aromatic N) is 1. The monoisotopic (exact) mass is 173 g/mol. The van der Waals surface area contributed by atoms with Crippen LogP contribution in [0.2, 0.25) is 0 Å². The first kappa shape index (κ1) is 11.0. The van der Waals surface area contributed by atoms with E-state index in [0.29, 0.717) is 5.92 Å². The van der Waals surface area contributed by atoms with E-state index in [1.54, 1.807) is 11.9 Å². The Morgan fingerprint density at radius 2 is 2.09 bits per heavy atom. The van der Waals surface area contributed by atoms with Gasteiger partial charge in [-0.2, -0.15) is 0 Å². The van der Waals surface area contributed by atoms with Crippen LogP contribution in [0.5, 0.6) is 0 Å². The Balaban J connectivity index is 3.97. The lowest BCUT2D eigenvalue weighted by Crippen LogP contribution is -2.08. The van der Waals surface area contributed by atoms with E-state index in [1.165, 1.54) is 18.6 Å². The van der Waals surface area contributed by atoms with Crippen molar-refractivity contribution in [2.75, 3.05) is 6.26 Å². The molecular weight excluding hydrogens is 154 g/mol. The molecule has 0 saturated heterocycles. The molecule has 0 fully saturated rings. The van der Waals surface area contributed by atoms with Crippen molar-refractivity contribution in [1.82, 2.24) is 0 Å². The summed E-state index contributed by atoms with van der Waals surface area (Å²) in [7, 11) is 0. The minimum atomic E-state index is 0.669. The fourth-order valence-electron chi connectivity index (χ4n) is 0.991. The number of hydrogen-bond acceptors (Lipinski definition) is 2. The maximum Gasteiger partial charge on any atom is 0.0290 e. The summed E-state index contributed by atoms with van der Waals surface area (Å²) in [6.07, 6.45) is 5.61. The average Bonchev–Trinajstić information content (AvgIpc) is 2.03. The molecule has 0 amide bonds. The predicted molar refractivity (Wildman–Crippen MR) is 55.3 cm³/mol. The molecule has 0 aromatic carbocycles. The highest BCUT2D eigenvalue weighted by Crippen LogP contribution is 2.12. The van der Waals surface area contributed by atoms with Crippen LogP contribution in [-0.2, 0) is 0 Å². The van der Waals surface area contributed by atoms with Crippen molar-refractivity contribution in [3.8, 4) is 0 Å². The largest absolute Gasteiger partial charge is 0.226 e. The Bertz CT molecular complexity index is 121. The Morgan fingerprint density at radius 1 is 1.45 bits per heavy atom. The highest BCUT2D eigenvalue weighted by molar-refractivity contribution is 7.97. The first-order valence-corrected chi connectivity index (χ1v) is 5.54. The second-order valence-corrected chi connectivity index (χ2v) is 3.37. The Hall–Kier alpha value is 0.0200. The van der Waals surface area contributed by atoms with Crippen LogP contribution in [-0.4, -0.2) is 12.0 Å². The van der Waals surface area contributed by atoms with Crippen molar-refractivity contribution in [2.24, 2.45) is 10.3 Å². The van der Waals surface area contributed by atoms with Gasteiger partial charge in [-0.3, -0.25) is 0 Å². The Labute approximate surface area is 74.8 Å². The average molecular weight is 173 g/mol. The summed E-state index contributed by atoms with van der Waals surface area (Å²) in [6, 6.07) is 0. The van der Waals surface area contributed by atoms with Crippen molar-refractivity contribution in [1.29, 1.82) is 0 Å². The minimum Gasteiger partial charge on any atom is -0.226 e. The van der Waals surface area contributed by atoms with Crippen LogP contribution in [0.1, 0.15) is 40.0 Å². The van der Waals surface area contributed by atoms with Gasteiger partial charge in [-0.1, -0.05) is 27.2 Å². The van der Waals surface area contributed by atoms with Gasteiger partial charge in [0.1, 0.15) is 0 Å². The SMILES string of the molecule is CCC/C(=N/SC)[C@H](C)CC. The molecule has 0 unspecified atom stereocenters. The molecule has 0 spiro atoms. The minimum absolute atomic E-state index is 0.669. The van der Waals surface area contributed by atoms with Crippen LogP contribution < -0.4 is 0 Å². The van der Waals surface area contributed by atoms with Crippen LogP contribution in [0.25, 0.3) is 0 Å². The third-order valence-electron chi connectivity index (χ3n) is 1.90. The van der Waals surface area contributed by atoms with Gasteiger partial charge in [0.2, 0.25) is 0 Å². The lowest BCUT2D eigenvalue weighted by Gasteiger charge is -2.10. The van der Waals surface area contributed by atoms with E-state index in [0.717, 1.165) is 6.42 Å². The molecule has 1 atom stereocenters. The third kappa shape index (κ3) is 4.46. The van der Waals surface area contributed by atoms with Crippen LogP contribution in [0.3, 0.4) is 0 Å². The maximum atomic E-state index is 4.42. The highest BCUT2D eigenvalue weighted by Gasteiger charge is 2.06. The molecule has 11 heavy (non-hydrogen) atoms. The van der Waals surface area contributed by atoms with E-state index in [2.05, 4.69) is 25.2 Å². The summed E-state index contributed by atoms with van der Waals surface area (Å²) in [4.78, 5) is 0. The van der Waals surface area contributed by atoms with Gasteiger partial charge in [-0.15, -0.1) is 0 Å². The van der Waals surface area contributed by atoms with Gasteiger partial charge in [-0.05, 0) is 30.7 Å². The Kier molecular flexibility index (Phi) is 6.73. The number of hydrogen-bond donors (Lipinski definition) is 0. The van der Waals surface area contributed by atoms with E-state index in [9.17, 15) is 0 Å². The van der Waals surface area contributed by atoms with Crippen LogP contribution >= 0.6 is 11.9 Å². The zero-order chi connectivity index (χ0) is 8.69. The number of rotatable bonds is 5. The van der Waals surface area contributed by atoms with Gasteiger partial charge >= 0.3 is 0 Å². The molecule has 0 heterocycles. The summed E-state index contributed by atoms with van der Waals surface area (Å²) in [6.45, 7) is 6.68. The topological polar surface area (TPSA) is 12.4 Å². The van der Waals surface area contributed by atoms with Crippen LogP contribution in [0, 0.1) is 5.92 Å². The summed E-state index contributed by atoms with van der Waals surface area (Å²) in [5, 5.41) is 0. The normalized spacial score (nSPS) is 15.1. The lowest BCUT2D eigenvalue weighted by atomic mass is 9.99. The zero-order valence-corrected chi connectivity index (χ0v) is 8.87. The van der Waals surface area contributed by atoms with Gasteiger partial charge in [0.25, 0.3) is 0 Å². The van der Waals surface area contributed by atoms with E-state index in [-0.39, 0.29) is 0 Å². The van der Waals surface area contributed by atoms with Crippen molar-refractivity contribution in [3.05, 3.63) is 0 Å². The predicted octanol–water partition coefficient (Wildman–Crippen LogP) is 3.55. The highest BCUT2D eigenvalue weighted by atomic mass is 32.2. The van der Waals surface area contributed by atoms with E-state index in [4.69, 9.17) is 0 Å². The third-order valence-corrected chi connectivity index (χ3v) is 2.31. The van der Waals surface area contributed by atoms with E-state index >= 15 is 0 Å². The van der Waals surface area contributed by atoms with Gasteiger partial charge in [0.05, 0.1) is 0 Å². The summed E-state index contributed by atoms with van der Waals surface area (Å²) < 4.78 is 4.42. The van der Waals surface area contributed by atoms with Crippen molar-refractivity contribution < 1.29 is 0 Å². The molecule has 0 aromatic heterocycles. The maximum absolute atomic E-state index is 4.42. The molecule has 0 N–H and O–H groups in total. The summed E-state index contributed by atoms with van der Waals surface area (Å²) in [5.74, 6) is 0.669. The lowest BCUT2D eigenvalue weighted by molar-refractivity contribution is 0.718. The first-order chi connectivity index (χ1) is 5.26. The fourth-order valence-corrected chi connectivity index (χ4v) is 1.50. The molecule has 0 aliphatic heterocycles. The fraction of sp³-hybridized carbons (Fsp3) is 0.889. The molecule has 1 nitrogen and oxygen atoms in total. The van der Waals surface area contributed by atoms with Crippen molar-refractivity contribution in [3.63, 3.8) is 0 Å². The summed E-state index contributed by atoms with van der Waals surface area (Å²) >= 11 is 1.58. The molecule has 0 aromatic rings. The van der Waals surface area contributed by atoms with E-state index in [1.807, 2.05) is 6.26 Å². The van der Waals surface area contributed by atoms with Crippen molar-refractivity contribution in [2.45, 2.75) is 40.0 Å². The van der Waals surface area contributed by atoms with Gasteiger partial charge in [0.15, 0.2) is 0 Å². The molecule has 0 saturated carbocycles. The zero-order valence-electron chi connectivity index (χ0n) is 8.05. The van der Waals surface area contributed by atoms with Gasteiger partial charge < -0.3 is 0 Å². The molecule has 0 rings (SSSR count). The Morgan fingerprint density at radius 3 is 2.45 bits per heavy atom. The molecule has 2 heteroatoms.